The predicted octanol–water partition coefficient (Wildman–Crippen LogP) is 6.13. The summed E-state index contributed by atoms with van der Waals surface area (Å²) in [7, 11) is 5.86. The van der Waals surface area contributed by atoms with E-state index in [9.17, 15) is 0 Å². The van der Waals surface area contributed by atoms with Crippen LogP contribution in [0, 0.1) is 0 Å². The maximum atomic E-state index is 5.86. The Morgan fingerprint density at radius 2 is 1.29 bits per heavy atom. The molecule has 0 amide bonds. The summed E-state index contributed by atoms with van der Waals surface area (Å²) >= 11 is 0. The molecule has 0 atom stereocenters. The van der Waals surface area contributed by atoms with E-state index >= 15 is 0 Å². The lowest BCUT2D eigenvalue weighted by Crippen LogP contribution is -2.05. The summed E-state index contributed by atoms with van der Waals surface area (Å²) in [5.41, 5.74) is 7.17. The molecule has 6 heteroatoms. The lowest BCUT2D eigenvalue weighted by Gasteiger charge is -2.15. The van der Waals surface area contributed by atoms with E-state index in [0.29, 0.717) is 17.1 Å². The molecule has 0 saturated carbocycles. The van der Waals surface area contributed by atoms with Gasteiger partial charge in [0.05, 0.1) is 22.2 Å². The van der Waals surface area contributed by atoms with E-state index < -0.39 is 0 Å². The van der Waals surface area contributed by atoms with Crippen molar-refractivity contribution in [1.29, 1.82) is 0 Å². The number of rotatable bonds is 5. The van der Waals surface area contributed by atoms with Crippen molar-refractivity contribution in [3.63, 3.8) is 0 Å². The van der Waals surface area contributed by atoms with Crippen molar-refractivity contribution < 1.29 is 0 Å². The Kier molecular flexibility index (Phi) is 5.32. The first-order valence-electron chi connectivity index (χ1n) is 11.3. The highest BCUT2D eigenvalue weighted by atomic mass is 15.1. The van der Waals surface area contributed by atoms with E-state index in [0.717, 1.165) is 44.4 Å². The molecule has 0 unspecified atom stereocenters. The van der Waals surface area contributed by atoms with Gasteiger partial charge in [-0.3, -0.25) is 4.98 Å². The molecular weight excluding hydrogens is 429 g/mol. The van der Waals surface area contributed by atoms with Crippen LogP contribution < -0.4 is 16.1 Å². The summed E-state index contributed by atoms with van der Waals surface area (Å²) in [5.74, 6) is 1.23. The fourth-order valence-corrected chi connectivity index (χ4v) is 4.15. The van der Waals surface area contributed by atoms with Crippen molar-refractivity contribution in [2.45, 2.75) is 0 Å². The predicted molar refractivity (Wildman–Crippen MR) is 145 cm³/mol. The van der Waals surface area contributed by atoms with Crippen LogP contribution in [0.25, 0.3) is 33.1 Å². The second-order valence-electron chi connectivity index (χ2n) is 8.21. The SMILES string of the molecule is [B]c1ccc(Nc2nc3ccccc3nc2Nc2cccc3c(-c4ccccc4)ccnc23)cc1. The minimum absolute atomic E-state index is 0.611. The van der Waals surface area contributed by atoms with Crippen LogP contribution in [0.4, 0.5) is 23.0 Å². The van der Waals surface area contributed by atoms with Gasteiger partial charge in [0.2, 0.25) is 0 Å². The molecule has 2 radical (unpaired) electrons. The van der Waals surface area contributed by atoms with Crippen LogP contribution in [0.2, 0.25) is 0 Å². The molecule has 0 aliphatic rings. The van der Waals surface area contributed by atoms with Crippen LogP contribution in [0.5, 0.6) is 0 Å². The van der Waals surface area contributed by atoms with Gasteiger partial charge < -0.3 is 10.6 Å². The molecule has 164 valence electrons. The zero-order valence-corrected chi connectivity index (χ0v) is 18.8. The number of hydrogen-bond donors (Lipinski definition) is 2. The summed E-state index contributed by atoms with van der Waals surface area (Å²) in [4.78, 5) is 14.4. The van der Waals surface area contributed by atoms with Crippen LogP contribution in [0.3, 0.4) is 0 Å². The Morgan fingerprint density at radius 3 is 2.03 bits per heavy atom. The maximum absolute atomic E-state index is 5.86. The van der Waals surface area contributed by atoms with Gasteiger partial charge in [-0.2, -0.15) is 0 Å². The standard InChI is InChI=1S/C29H20BN5/c30-20-13-15-21(16-14-20)32-28-29(34-25-11-5-4-10-24(25)33-28)35-26-12-6-9-23-22(17-18-31-27(23)26)19-7-2-1-3-8-19/h1-18H,(H,32,33)(H,34,35). The van der Waals surface area contributed by atoms with Gasteiger partial charge >= 0.3 is 0 Å². The lowest BCUT2D eigenvalue weighted by molar-refractivity contribution is 1.27. The Balaban J connectivity index is 1.46. The molecule has 2 heterocycles. The van der Waals surface area contributed by atoms with E-state index in [1.54, 1.807) is 0 Å². The van der Waals surface area contributed by atoms with E-state index in [1.165, 1.54) is 0 Å². The van der Waals surface area contributed by atoms with Gasteiger partial charge in [0.1, 0.15) is 7.85 Å². The van der Waals surface area contributed by atoms with E-state index in [2.05, 4.69) is 28.8 Å². The molecule has 2 aromatic heterocycles. The summed E-state index contributed by atoms with van der Waals surface area (Å²) in [6, 6.07) is 33.9. The Bertz CT molecular complexity index is 1650. The van der Waals surface area contributed by atoms with Crippen LogP contribution in [-0.2, 0) is 0 Å². The first-order valence-corrected chi connectivity index (χ1v) is 11.3. The largest absolute Gasteiger partial charge is 0.337 e. The van der Waals surface area contributed by atoms with Crippen LogP contribution in [0.1, 0.15) is 0 Å². The van der Waals surface area contributed by atoms with Crippen LogP contribution in [0.15, 0.2) is 109 Å². The summed E-state index contributed by atoms with van der Waals surface area (Å²) in [5, 5.41) is 7.94. The molecule has 0 fully saturated rings. The average Bonchev–Trinajstić information content (AvgIpc) is 2.90. The molecule has 0 saturated heterocycles. The molecule has 0 aliphatic heterocycles. The number of anilines is 4. The topological polar surface area (TPSA) is 62.7 Å². The number of para-hydroxylation sites is 3. The molecule has 0 aliphatic carbocycles. The number of fused-ring (bicyclic) bond motifs is 2. The summed E-state index contributed by atoms with van der Waals surface area (Å²) < 4.78 is 0. The Hall–Kier alpha value is -4.71. The molecule has 5 nitrogen and oxygen atoms in total. The fourth-order valence-electron chi connectivity index (χ4n) is 4.15. The van der Waals surface area contributed by atoms with Crippen molar-refractivity contribution in [2.75, 3.05) is 10.6 Å². The normalized spacial score (nSPS) is 11.0. The molecule has 2 N–H and O–H groups in total. The zero-order valence-electron chi connectivity index (χ0n) is 18.8. The second kappa shape index (κ2) is 8.91. The number of nitrogens with zero attached hydrogens (tertiary/aromatic N) is 3. The minimum Gasteiger partial charge on any atom is -0.337 e. The smallest absolute Gasteiger partial charge is 0.174 e. The van der Waals surface area contributed by atoms with Crippen LogP contribution >= 0.6 is 0 Å². The highest BCUT2D eigenvalue weighted by Gasteiger charge is 2.13. The van der Waals surface area contributed by atoms with Gasteiger partial charge in [0, 0.05) is 17.3 Å². The second-order valence-corrected chi connectivity index (χ2v) is 8.21. The van der Waals surface area contributed by atoms with Crippen molar-refractivity contribution >= 4 is 58.3 Å². The van der Waals surface area contributed by atoms with Crippen molar-refractivity contribution in [3.05, 3.63) is 109 Å². The average molecular weight is 449 g/mol. The quantitative estimate of drug-likeness (QED) is 0.310. The maximum Gasteiger partial charge on any atom is 0.174 e. The van der Waals surface area contributed by atoms with Gasteiger partial charge in [0.25, 0.3) is 0 Å². The molecule has 6 aromatic rings. The van der Waals surface area contributed by atoms with Crippen molar-refractivity contribution in [2.24, 2.45) is 0 Å². The van der Waals surface area contributed by atoms with Gasteiger partial charge in [-0.05, 0) is 47.5 Å². The van der Waals surface area contributed by atoms with E-state index in [1.807, 2.05) is 91.1 Å². The number of nitrogens with one attached hydrogen (secondary N) is 2. The molecule has 6 rings (SSSR count). The highest BCUT2D eigenvalue weighted by molar-refractivity contribution is 6.32. The first kappa shape index (κ1) is 20.9. The van der Waals surface area contributed by atoms with Gasteiger partial charge in [-0.1, -0.05) is 72.2 Å². The van der Waals surface area contributed by atoms with E-state index in [4.69, 9.17) is 22.8 Å². The molecule has 35 heavy (non-hydrogen) atoms. The third-order valence-electron chi connectivity index (χ3n) is 5.85. The van der Waals surface area contributed by atoms with Gasteiger partial charge in [-0.15, -0.1) is 0 Å². The molecule has 0 bridgehead atoms. The highest BCUT2D eigenvalue weighted by Crippen LogP contribution is 2.34. The Labute approximate surface area is 204 Å². The van der Waals surface area contributed by atoms with Crippen LogP contribution in [-0.4, -0.2) is 22.8 Å². The first-order chi connectivity index (χ1) is 17.2. The number of benzene rings is 4. The molecule has 4 aromatic carbocycles. The minimum atomic E-state index is 0.611. The van der Waals surface area contributed by atoms with Crippen molar-refractivity contribution in [3.8, 4) is 11.1 Å². The van der Waals surface area contributed by atoms with Crippen molar-refractivity contribution in [1.82, 2.24) is 15.0 Å². The molecule has 0 spiro atoms. The molecular formula is C29H20BN5. The number of hydrogen-bond acceptors (Lipinski definition) is 5. The lowest BCUT2D eigenvalue weighted by atomic mass is 9.96. The monoisotopic (exact) mass is 449 g/mol. The third kappa shape index (κ3) is 4.18. The third-order valence-corrected chi connectivity index (χ3v) is 5.85. The van der Waals surface area contributed by atoms with Gasteiger partial charge in [0.15, 0.2) is 11.6 Å². The summed E-state index contributed by atoms with van der Waals surface area (Å²) in [6.45, 7) is 0. The van der Waals surface area contributed by atoms with Gasteiger partial charge in [-0.25, -0.2) is 9.97 Å². The number of pyridine rings is 1. The fraction of sp³-hybridized carbons (Fsp3) is 0. The Morgan fingerprint density at radius 1 is 0.600 bits per heavy atom. The van der Waals surface area contributed by atoms with E-state index in [-0.39, 0.29) is 0 Å². The number of aromatic nitrogens is 3. The zero-order chi connectivity index (χ0) is 23.6. The summed E-state index contributed by atoms with van der Waals surface area (Å²) in [6.07, 6.45) is 1.84.